The molecule has 0 amide bonds. The fraction of sp³-hybridized carbons (Fsp3) is 0.353. The molecule has 26 heavy (non-hydrogen) atoms. The van der Waals surface area contributed by atoms with Crippen LogP contribution in [0.15, 0.2) is 29.4 Å². The number of hydrogen-bond acceptors (Lipinski definition) is 8. The Labute approximate surface area is 155 Å². The minimum atomic E-state index is 0.200. The summed E-state index contributed by atoms with van der Waals surface area (Å²) in [6, 6.07) is 8.49. The van der Waals surface area contributed by atoms with E-state index < -0.39 is 0 Å². The van der Waals surface area contributed by atoms with Gasteiger partial charge in [-0.2, -0.15) is 15.0 Å². The summed E-state index contributed by atoms with van der Waals surface area (Å²) in [4.78, 5) is 12.9. The third kappa shape index (κ3) is 3.62. The van der Waals surface area contributed by atoms with Crippen molar-refractivity contribution in [2.75, 3.05) is 11.1 Å². The fourth-order valence-corrected chi connectivity index (χ4v) is 3.63. The zero-order valence-corrected chi connectivity index (χ0v) is 15.5. The summed E-state index contributed by atoms with van der Waals surface area (Å²) < 4.78 is 2.20. The van der Waals surface area contributed by atoms with Crippen molar-refractivity contribution in [2.45, 2.75) is 43.6 Å². The maximum atomic E-state index is 5.87. The SMILES string of the molecule is Cc1ccccc1Nc1nc(N)nc(CSc2nnc(C)n2C2CC2)n1. The number of anilines is 3. The summed E-state index contributed by atoms with van der Waals surface area (Å²) in [5.74, 6) is 2.77. The third-order valence-corrected chi connectivity index (χ3v) is 5.11. The van der Waals surface area contributed by atoms with Crippen molar-refractivity contribution in [3.63, 3.8) is 0 Å². The van der Waals surface area contributed by atoms with Gasteiger partial charge in [0.1, 0.15) is 11.6 Å². The van der Waals surface area contributed by atoms with Gasteiger partial charge in [-0.25, -0.2) is 0 Å². The highest BCUT2D eigenvalue weighted by atomic mass is 32.2. The predicted molar refractivity (Wildman–Crippen MR) is 101 cm³/mol. The molecular formula is C17H20N8S. The van der Waals surface area contributed by atoms with Crippen LogP contribution in [0.4, 0.5) is 17.6 Å². The maximum absolute atomic E-state index is 5.87. The Morgan fingerprint density at radius 1 is 1.15 bits per heavy atom. The Bertz CT molecular complexity index is 934. The number of hydrogen-bond donors (Lipinski definition) is 2. The van der Waals surface area contributed by atoms with E-state index in [-0.39, 0.29) is 5.95 Å². The average Bonchev–Trinajstić information content (AvgIpc) is 3.37. The van der Waals surface area contributed by atoms with Gasteiger partial charge in [-0.05, 0) is 38.3 Å². The minimum Gasteiger partial charge on any atom is -0.368 e. The van der Waals surface area contributed by atoms with Gasteiger partial charge in [-0.3, -0.25) is 0 Å². The van der Waals surface area contributed by atoms with Crippen LogP contribution < -0.4 is 11.1 Å². The molecule has 0 saturated heterocycles. The van der Waals surface area contributed by atoms with E-state index >= 15 is 0 Å². The van der Waals surface area contributed by atoms with Crippen LogP contribution in [0.2, 0.25) is 0 Å². The van der Waals surface area contributed by atoms with Crippen LogP contribution in [0.3, 0.4) is 0 Å². The number of nitrogen functional groups attached to an aromatic ring is 1. The van der Waals surface area contributed by atoms with Crippen LogP contribution in [0, 0.1) is 13.8 Å². The van der Waals surface area contributed by atoms with Gasteiger partial charge in [0.05, 0.1) is 5.75 Å². The van der Waals surface area contributed by atoms with Crippen molar-refractivity contribution < 1.29 is 0 Å². The lowest BCUT2D eigenvalue weighted by Gasteiger charge is -2.09. The van der Waals surface area contributed by atoms with Gasteiger partial charge >= 0.3 is 0 Å². The second kappa shape index (κ2) is 6.91. The molecule has 3 N–H and O–H groups in total. The Balaban J connectivity index is 1.51. The molecule has 2 heterocycles. The number of nitrogens with one attached hydrogen (secondary N) is 1. The molecule has 0 unspecified atom stereocenters. The highest BCUT2D eigenvalue weighted by molar-refractivity contribution is 7.98. The summed E-state index contributed by atoms with van der Waals surface area (Å²) in [7, 11) is 0. The molecular weight excluding hydrogens is 348 g/mol. The largest absolute Gasteiger partial charge is 0.368 e. The van der Waals surface area contributed by atoms with Gasteiger partial charge in [0.25, 0.3) is 0 Å². The summed E-state index contributed by atoms with van der Waals surface area (Å²) in [6.45, 7) is 4.01. The number of aryl methyl sites for hydroxylation is 2. The molecule has 8 nitrogen and oxygen atoms in total. The van der Waals surface area contributed by atoms with E-state index in [0.29, 0.717) is 23.6 Å². The molecule has 0 radical (unpaired) electrons. The lowest BCUT2D eigenvalue weighted by Crippen LogP contribution is -2.07. The number of benzene rings is 1. The molecule has 0 spiro atoms. The van der Waals surface area contributed by atoms with E-state index in [9.17, 15) is 0 Å². The lowest BCUT2D eigenvalue weighted by molar-refractivity contribution is 0.644. The molecule has 0 bridgehead atoms. The predicted octanol–water partition coefficient (Wildman–Crippen LogP) is 3.03. The first-order chi connectivity index (χ1) is 12.6. The molecule has 2 aromatic heterocycles. The summed E-state index contributed by atoms with van der Waals surface area (Å²) >= 11 is 1.57. The third-order valence-electron chi connectivity index (χ3n) is 4.17. The molecule has 3 aromatic rings. The average molecular weight is 368 g/mol. The second-order valence-electron chi connectivity index (χ2n) is 6.29. The second-order valence-corrected chi connectivity index (χ2v) is 7.24. The number of nitrogens with two attached hydrogens (primary N) is 1. The first-order valence-corrected chi connectivity index (χ1v) is 9.46. The van der Waals surface area contributed by atoms with Crippen molar-refractivity contribution in [1.29, 1.82) is 0 Å². The Kier molecular flexibility index (Phi) is 4.46. The van der Waals surface area contributed by atoms with Crippen molar-refractivity contribution in [3.05, 3.63) is 41.5 Å². The van der Waals surface area contributed by atoms with Crippen molar-refractivity contribution in [3.8, 4) is 0 Å². The van der Waals surface area contributed by atoms with Crippen molar-refractivity contribution >= 4 is 29.3 Å². The van der Waals surface area contributed by atoms with E-state index in [2.05, 4.69) is 35.0 Å². The van der Waals surface area contributed by atoms with Gasteiger partial charge in [0, 0.05) is 11.7 Å². The Hall–Kier alpha value is -2.68. The number of thioether (sulfide) groups is 1. The van der Waals surface area contributed by atoms with Crippen LogP contribution in [-0.4, -0.2) is 29.7 Å². The summed E-state index contributed by atoms with van der Waals surface area (Å²) in [6.07, 6.45) is 2.38. The molecule has 1 fully saturated rings. The Morgan fingerprint density at radius 3 is 2.73 bits per heavy atom. The lowest BCUT2D eigenvalue weighted by atomic mass is 10.2. The van der Waals surface area contributed by atoms with Gasteiger partial charge < -0.3 is 15.6 Å². The van der Waals surface area contributed by atoms with E-state index in [0.717, 1.165) is 22.2 Å². The minimum absolute atomic E-state index is 0.200. The molecule has 1 aromatic carbocycles. The zero-order valence-electron chi connectivity index (χ0n) is 14.7. The first kappa shape index (κ1) is 16.8. The van der Waals surface area contributed by atoms with E-state index in [4.69, 9.17) is 5.73 Å². The molecule has 0 aliphatic heterocycles. The molecule has 1 aliphatic rings. The Morgan fingerprint density at radius 2 is 1.96 bits per heavy atom. The number of nitrogens with zero attached hydrogens (tertiary/aromatic N) is 6. The maximum Gasteiger partial charge on any atom is 0.232 e. The fourth-order valence-electron chi connectivity index (χ4n) is 2.72. The highest BCUT2D eigenvalue weighted by Crippen LogP contribution is 2.38. The van der Waals surface area contributed by atoms with E-state index in [1.807, 2.05) is 38.1 Å². The smallest absolute Gasteiger partial charge is 0.232 e. The standard InChI is InChI=1S/C17H20N8S/c1-10-5-3-4-6-13(10)19-16-21-14(20-15(18)22-16)9-26-17-24-23-11(2)25(17)12-7-8-12/h3-6,12H,7-9H2,1-2H3,(H3,18,19,20,21,22). The van der Waals surface area contributed by atoms with Gasteiger partial charge in [-0.1, -0.05) is 30.0 Å². The van der Waals surface area contributed by atoms with Crippen LogP contribution in [0.5, 0.6) is 0 Å². The number of para-hydroxylation sites is 1. The van der Waals surface area contributed by atoms with Gasteiger partial charge in [0.15, 0.2) is 5.16 Å². The normalized spacial score (nSPS) is 13.8. The van der Waals surface area contributed by atoms with E-state index in [1.54, 1.807) is 11.8 Å². The van der Waals surface area contributed by atoms with Crippen LogP contribution in [-0.2, 0) is 5.75 Å². The van der Waals surface area contributed by atoms with Crippen molar-refractivity contribution in [1.82, 2.24) is 29.7 Å². The van der Waals surface area contributed by atoms with E-state index in [1.165, 1.54) is 12.8 Å². The molecule has 4 rings (SSSR count). The molecule has 9 heteroatoms. The quantitative estimate of drug-likeness (QED) is 0.639. The molecule has 134 valence electrons. The van der Waals surface area contributed by atoms with Gasteiger partial charge in [0.2, 0.25) is 11.9 Å². The van der Waals surface area contributed by atoms with Crippen LogP contribution >= 0.6 is 11.8 Å². The summed E-state index contributed by atoms with van der Waals surface area (Å²) in [5.41, 5.74) is 7.92. The molecule has 1 saturated carbocycles. The summed E-state index contributed by atoms with van der Waals surface area (Å²) in [5, 5.41) is 12.6. The van der Waals surface area contributed by atoms with Crippen LogP contribution in [0.1, 0.15) is 36.1 Å². The zero-order chi connectivity index (χ0) is 18.1. The highest BCUT2D eigenvalue weighted by Gasteiger charge is 2.28. The monoisotopic (exact) mass is 368 g/mol. The number of aromatic nitrogens is 6. The molecule has 1 aliphatic carbocycles. The van der Waals surface area contributed by atoms with Gasteiger partial charge in [-0.15, -0.1) is 10.2 Å². The number of rotatable bonds is 6. The van der Waals surface area contributed by atoms with Crippen molar-refractivity contribution in [2.24, 2.45) is 0 Å². The first-order valence-electron chi connectivity index (χ1n) is 8.47. The molecule has 0 atom stereocenters. The van der Waals surface area contributed by atoms with Crippen LogP contribution in [0.25, 0.3) is 0 Å². The topological polar surface area (TPSA) is 107 Å².